The minimum Gasteiger partial charge on any atom is -0.497 e. The van der Waals surface area contributed by atoms with Gasteiger partial charge in [-0.2, -0.15) is 0 Å². The summed E-state index contributed by atoms with van der Waals surface area (Å²) in [4.78, 5) is 28.5. The van der Waals surface area contributed by atoms with Crippen LogP contribution in [0.1, 0.15) is 33.3 Å². The van der Waals surface area contributed by atoms with E-state index in [1.807, 2.05) is 43.3 Å². The lowest BCUT2D eigenvalue weighted by atomic mass is 9.98. The van der Waals surface area contributed by atoms with Gasteiger partial charge in [0.25, 0.3) is 5.91 Å². The summed E-state index contributed by atoms with van der Waals surface area (Å²) in [5.41, 5.74) is 2.30. The molecule has 6 heteroatoms. The van der Waals surface area contributed by atoms with Gasteiger partial charge < -0.3 is 9.15 Å². The number of amides is 1. The van der Waals surface area contributed by atoms with Crippen LogP contribution in [0.2, 0.25) is 0 Å². The van der Waals surface area contributed by atoms with Crippen molar-refractivity contribution in [3.63, 3.8) is 0 Å². The van der Waals surface area contributed by atoms with E-state index in [1.165, 1.54) is 12.1 Å². The molecule has 5 rings (SSSR count). The molecule has 154 valence electrons. The molecule has 0 fully saturated rings. The monoisotopic (exact) mass is 415 g/mol. The largest absolute Gasteiger partial charge is 0.497 e. The summed E-state index contributed by atoms with van der Waals surface area (Å²) in [6, 6.07) is 17.7. The Bertz CT molecular complexity index is 1390. The molecule has 1 aromatic heterocycles. The number of aryl methyl sites for hydroxylation is 1. The van der Waals surface area contributed by atoms with Crippen LogP contribution in [0.25, 0.3) is 11.0 Å². The van der Waals surface area contributed by atoms with Crippen LogP contribution < -0.4 is 15.1 Å². The number of nitrogens with zero attached hydrogens (tertiary/aromatic N) is 1. The van der Waals surface area contributed by atoms with Crippen molar-refractivity contribution in [3.05, 3.63) is 105 Å². The molecule has 1 amide bonds. The van der Waals surface area contributed by atoms with E-state index in [0.717, 1.165) is 17.2 Å². The van der Waals surface area contributed by atoms with Crippen LogP contribution in [0.4, 0.5) is 10.1 Å². The van der Waals surface area contributed by atoms with Crippen molar-refractivity contribution in [1.82, 2.24) is 0 Å². The van der Waals surface area contributed by atoms with E-state index in [2.05, 4.69) is 0 Å². The number of ether oxygens (including phenoxy) is 1. The first-order chi connectivity index (χ1) is 15.0. The van der Waals surface area contributed by atoms with Crippen molar-refractivity contribution >= 4 is 22.6 Å². The van der Waals surface area contributed by atoms with Gasteiger partial charge >= 0.3 is 0 Å². The molecule has 0 radical (unpaired) electrons. The SMILES string of the molecule is COc1ccc(C2c3c(oc4ccc(F)cc4c3=O)C(=O)N2c2cccc(C)c2)cc1. The first-order valence-corrected chi connectivity index (χ1v) is 9.78. The number of carbonyl (C=O) groups is 1. The van der Waals surface area contributed by atoms with Gasteiger partial charge in [0.15, 0.2) is 5.43 Å². The average Bonchev–Trinajstić information content (AvgIpc) is 3.07. The minimum absolute atomic E-state index is 0.0218. The minimum atomic E-state index is -0.709. The maximum absolute atomic E-state index is 13.9. The third-order valence-electron chi connectivity index (χ3n) is 5.54. The molecule has 5 nitrogen and oxygen atoms in total. The highest BCUT2D eigenvalue weighted by atomic mass is 19.1. The Kier molecular flexibility index (Phi) is 4.36. The molecule has 1 aliphatic heterocycles. The summed E-state index contributed by atoms with van der Waals surface area (Å²) in [7, 11) is 1.57. The third kappa shape index (κ3) is 2.99. The van der Waals surface area contributed by atoms with Crippen LogP contribution in [-0.4, -0.2) is 13.0 Å². The lowest BCUT2D eigenvalue weighted by Gasteiger charge is -2.25. The molecule has 0 bridgehead atoms. The molecule has 1 unspecified atom stereocenters. The standard InChI is InChI=1S/C25H18FNO4/c1-14-4-3-5-17(12-14)27-22(15-6-9-18(30-2)10-7-15)21-23(28)19-13-16(26)8-11-20(19)31-24(21)25(27)29/h3-13,22H,1-2H3. The van der Waals surface area contributed by atoms with Gasteiger partial charge in [0.2, 0.25) is 5.76 Å². The summed E-state index contributed by atoms with van der Waals surface area (Å²) >= 11 is 0. The molecule has 2 heterocycles. The van der Waals surface area contributed by atoms with Crippen LogP contribution >= 0.6 is 0 Å². The second kappa shape index (κ2) is 7.09. The summed E-state index contributed by atoms with van der Waals surface area (Å²) in [5.74, 6) is -0.320. The fourth-order valence-corrected chi connectivity index (χ4v) is 4.09. The number of anilines is 1. The van der Waals surface area contributed by atoms with Crippen molar-refractivity contribution < 1.29 is 18.3 Å². The Hall–Kier alpha value is -3.93. The zero-order chi connectivity index (χ0) is 21.7. The maximum Gasteiger partial charge on any atom is 0.295 e. The number of methoxy groups -OCH3 is 1. The number of fused-ring (bicyclic) bond motifs is 2. The normalized spacial score (nSPS) is 15.4. The van der Waals surface area contributed by atoms with E-state index in [-0.39, 0.29) is 22.3 Å². The van der Waals surface area contributed by atoms with Crippen molar-refractivity contribution in [2.75, 3.05) is 12.0 Å². The van der Waals surface area contributed by atoms with E-state index in [9.17, 15) is 14.0 Å². The van der Waals surface area contributed by atoms with Gasteiger partial charge in [-0.25, -0.2) is 4.39 Å². The Morgan fingerprint density at radius 2 is 1.77 bits per heavy atom. The molecule has 0 saturated heterocycles. The molecule has 1 aliphatic rings. The Morgan fingerprint density at radius 3 is 2.48 bits per heavy atom. The van der Waals surface area contributed by atoms with Crippen LogP contribution in [0.3, 0.4) is 0 Å². The summed E-state index contributed by atoms with van der Waals surface area (Å²) < 4.78 is 25.0. The van der Waals surface area contributed by atoms with E-state index < -0.39 is 23.2 Å². The van der Waals surface area contributed by atoms with Crippen molar-refractivity contribution in [2.45, 2.75) is 13.0 Å². The molecule has 0 N–H and O–H groups in total. The van der Waals surface area contributed by atoms with Gasteiger partial charge in [0.05, 0.1) is 24.1 Å². The second-order valence-electron chi connectivity index (χ2n) is 7.50. The van der Waals surface area contributed by atoms with Crippen molar-refractivity contribution in [1.29, 1.82) is 0 Å². The van der Waals surface area contributed by atoms with Gasteiger partial charge in [-0.15, -0.1) is 0 Å². The van der Waals surface area contributed by atoms with Crippen LogP contribution in [-0.2, 0) is 0 Å². The van der Waals surface area contributed by atoms with Gasteiger partial charge in [0.1, 0.15) is 17.1 Å². The predicted molar refractivity (Wildman–Crippen MR) is 115 cm³/mol. The molecule has 1 atom stereocenters. The molecule has 3 aromatic carbocycles. The Labute approximate surface area is 177 Å². The highest BCUT2D eigenvalue weighted by molar-refractivity contribution is 6.10. The lowest BCUT2D eigenvalue weighted by molar-refractivity contribution is 0.0971. The quantitative estimate of drug-likeness (QED) is 0.473. The maximum atomic E-state index is 13.9. The molecular weight excluding hydrogens is 397 g/mol. The first-order valence-electron chi connectivity index (χ1n) is 9.78. The van der Waals surface area contributed by atoms with E-state index in [4.69, 9.17) is 9.15 Å². The van der Waals surface area contributed by atoms with Gasteiger partial charge in [-0.05, 0) is 60.5 Å². The molecule has 0 aliphatic carbocycles. The number of halogens is 1. The molecule has 4 aromatic rings. The molecular formula is C25H18FNO4. The molecule has 31 heavy (non-hydrogen) atoms. The summed E-state index contributed by atoms with van der Waals surface area (Å²) in [5, 5.41) is 0.108. The zero-order valence-electron chi connectivity index (χ0n) is 16.9. The summed E-state index contributed by atoms with van der Waals surface area (Å²) in [6.07, 6.45) is 0. The average molecular weight is 415 g/mol. The van der Waals surface area contributed by atoms with Crippen LogP contribution in [0, 0.1) is 12.7 Å². The van der Waals surface area contributed by atoms with Gasteiger partial charge in [-0.3, -0.25) is 14.5 Å². The fourth-order valence-electron chi connectivity index (χ4n) is 4.09. The molecule has 0 spiro atoms. The van der Waals surface area contributed by atoms with E-state index >= 15 is 0 Å². The summed E-state index contributed by atoms with van der Waals surface area (Å²) in [6.45, 7) is 1.93. The van der Waals surface area contributed by atoms with Crippen molar-refractivity contribution in [3.8, 4) is 5.75 Å². The second-order valence-corrected chi connectivity index (χ2v) is 7.50. The number of benzene rings is 3. The van der Waals surface area contributed by atoms with E-state index in [0.29, 0.717) is 11.4 Å². The smallest absolute Gasteiger partial charge is 0.295 e. The highest BCUT2D eigenvalue weighted by Gasteiger charge is 2.43. The Morgan fingerprint density at radius 1 is 1.00 bits per heavy atom. The van der Waals surface area contributed by atoms with Gasteiger partial charge in [0, 0.05) is 5.69 Å². The van der Waals surface area contributed by atoms with Gasteiger partial charge in [-0.1, -0.05) is 24.3 Å². The van der Waals surface area contributed by atoms with E-state index in [1.54, 1.807) is 24.1 Å². The first kappa shape index (κ1) is 19.1. The van der Waals surface area contributed by atoms with Crippen molar-refractivity contribution in [2.24, 2.45) is 0 Å². The third-order valence-corrected chi connectivity index (χ3v) is 5.54. The number of hydrogen-bond acceptors (Lipinski definition) is 4. The topological polar surface area (TPSA) is 59.8 Å². The number of hydrogen-bond donors (Lipinski definition) is 0. The van der Waals surface area contributed by atoms with Crippen LogP contribution in [0.15, 0.2) is 75.9 Å². The highest BCUT2D eigenvalue weighted by Crippen LogP contribution is 2.41. The fraction of sp³-hybridized carbons (Fsp3) is 0.120. The molecule has 0 saturated carbocycles. The van der Waals surface area contributed by atoms with Crippen LogP contribution in [0.5, 0.6) is 5.75 Å². The zero-order valence-corrected chi connectivity index (χ0v) is 16.9. The Balaban J connectivity index is 1.80. The predicted octanol–water partition coefficient (Wildman–Crippen LogP) is 5.00. The number of rotatable bonds is 3. The lowest BCUT2D eigenvalue weighted by Crippen LogP contribution is -2.29. The number of carbonyl (C=O) groups excluding carboxylic acids is 1.